The van der Waals surface area contributed by atoms with E-state index in [0.717, 1.165) is 12.8 Å². The lowest BCUT2D eigenvalue weighted by atomic mass is 10.0. The third kappa shape index (κ3) is 25.9. The van der Waals surface area contributed by atoms with E-state index in [1.807, 2.05) is 6.92 Å². The summed E-state index contributed by atoms with van der Waals surface area (Å²) >= 11 is 0. The van der Waals surface area contributed by atoms with Gasteiger partial charge in [-0.3, -0.25) is 14.1 Å². The van der Waals surface area contributed by atoms with Gasteiger partial charge >= 0.3 is 19.8 Å². The molecule has 8 nitrogen and oxygen atoms in total. The highest BCUT2D eigenvalue weighted by atomic mass is 31.2. The van der Waals surface area contributed by atoms with Gasteiger partial charge in [0.05, 0.1) is 6.61 Å². The standard InChI is InChI=1S/C26H51O8P/c1-3-5-6-7-8-9-10-11-12-13-14-15-16-17-18-19-21-26(28)34-24(23-33-35(29,30)31)22-32-25(27)20-4-2/h24H,3-23H2,1-2H3,(H2,29,30,31). The molecule has 0 radical (unpaired) electrons. The lowest BCUT2D eigenvalue weighted by Gasteiger charge is -2.18. The highest BCUT2D eigenvalue weighted by Crippen LogP contribution is 2.35. The predicted octanol–water partition coefficient (Wildman–Crippen LogP) is 7.00. The van der Waals surface area contributed by atoms with E-state index in [-0.39, 0.29) is 19.4 Å². The summed E-state index contributed by atoms with van der Waals surface area (Å²) < 4.78 is 25.6. The number of ether oxygens (including phenoxy) is 2. The van der Waals surface area contributed by atoms with Crippen molar-refractivity contribution in [1.29, 1.82) is 0 Å². The Balaban J connectivity index is 3.75. The summed E-state index contributed by atoms with van der Waals surface area (Å²) in [6.07, 6.45) is 20.0. The largest absolute Gasteiger partial charge is 0.469 e. The SMILES string of the molecule is CCCCCCCCCCCCCCCCCCC(=O)OC(COC(=O)CCC)COP(=O)(O)O. The number of hydrogen-bond acceptors (Lipinski definition) is 6. The number of hydrogen-bond donors (Lipinski definition) is 2. The first kappa shape index (κ1) is 34.0. The van der Waals surface area contributed by atoms with Gasteiger partial charge in [-0.1, -0.05) is 110 Å². The van der Waals surface area contributed by atoms with Gasteiger partial charge in [0.1, 0.15) is 6.61 Å². The Hall–Kier alpha value is -0.950. The number of esters is 2. The average Bonchev–Trinajstić information content (AvgIpc) is 2.80. The van der Waals surface area contributed by atoms with Gasteiger partial charge in [-0.05, 0) is 12.8 Å². The van der Waals surface area contributed by atoms with Gasteiger partial charge in [-0.15, -0.1) is 0 Å². The van der Waals surface area contributed by atoms with Gasteiger partial charge in [-0.25, -0.2) is 4.57 Å². The molecule has 0 aromatic heterocycles. The molecule has 0 aliphatic heterocycles. The predicted molar refractivity (Wildman–Crippen MR) is 138 cm³/mol. The third-order valence-corrected chi connectivity index (χ3v) is 6.33. The molecule has 0 bridgehead atoms. The fourth-order valence-electron chi connectivity index (χ4n) is 3.82. The minimum absolute atomic E-state index is 0.216. The van der Waals surface area contributed by atoms with Gasteiger partial charge in [0, 0.05) is 12.8 Å². The molecule has 0 saturated carbocycles. The average molecular weight is 523 g/mol. The van der Waals surface area contributed by atoms with Gasteiger partial charge in [0.25, 0.3) is 0 Å². The molecule has 1 unspecified atom stereocenters. The van der Waals surface area contributed by atoms with Crippen molar-refractivity contribution in [2.45, 2.75) is 142 Å². The lowest BCUT2D eigenvalue weighted by Crippen LogP contribution is -2.29. The topological polar surface area (TPSA) is 119 Å². The molecule has 0 heterocycles. The van der Waals surface area contributed by atoms with Crippen LogP contribution in [-0.4, -0.2) is 41.0 Å². The van der Waals surface area contributed by atoms with Crippen LogP contribution < -0.4 is 0 Å². The van der Waals surface area contributed by atoms with Gasteiger partial charge < -0.3 is 19.3 Å². The number of rotatable bonds is 25. The molecule has 0 rings (SSSR count). The van der Waals surface area contributed by atoms with Crippen LogP contribution >= 0.6 is 7.82 Å². The van der Waals surface area contributed by atoms with E-state index in [9.17, 15) is 14.2 Å². The molecule has 0 aromatic rings. The van der Waals surface area contributed by atoms with E-state index in [1.54, 1.807) is 0 Å². The first-order valence-corrected chi connectivity index (χ1v) is 15.4. The van der Waals surface area contributed by atoms with Crippen LogP contribution in [0.2, 0.25) is 0 Å². The molecule has 0 saturated heterocycles. The highest BCUT2D eigenvalue weighted by Gasteiger charge is 2.22. The summed E-state index contributed by atoms with van der Waals surface area (Å²) in [6, 6.07) is 0. The Labute approximate surface area is 213 Å². The van der Waals surface area contributed by atoms with Crippen molar-refractivity contribution in [1.82, 2.24) is 0 Å². The summed E-state index contributed by atoms with van der Waals surface area (Å²) in [5, 5.41) is 0. The first-order valence-electron chi connectivity index (χ1n) is 13.8. The van der Waals surface area contributed by atoms with Crippen molar-refractivity contribution in [3.05, 3.63) is 0 Å². The lowest BCUT2D eigenvalue weighted by molar-refractivity contribution is -0.161. The fraction of sp³-hybridized carbons (Fsp3) is 0.923. The molecule has 0 aliphatic rings. The number of carbonyl (C=O) groups excluding carboxylic acids is 2. The van der Waals surface area contributed by atoms with Crippen molar-refractivity contribution in [2.75, 3.05) is 13.2 Å². The Morgan fingerprint density at radius 1 is 0.629 bits per heavy atom. The van der Waals surface area contributed by atoms with Crippen molar-refractivity contribution in [3.8, 4) is 0 Å². The van der Waals surface area contributed by atoms with Crippen LogP contribution in [-0.2, 0) is 28.2 Å². The minimum atomic E-state index is -4.71. The number of unbranched alkanes of at least 4 members (excludes halogenated alkanes) is 15. The minimum Gasteiger partial charge on any atom is -0.462 e. The van der Waals surface area contributed by atoms with Gasteiger partial charge in [0.15, 0.2) is 6.10 Å². The maximum absolute atomic E-state index is 12.1. The van der Waals surface area contributed by atoms with E-state index in [0.29, 0.717) is 12.8 Å². The molecule has 9 heteroatoms. The summed E-state index contributed by atoms with van der Waals surface area (Å²) in [4.78, 5) is 41.3. The van der Waals surface area contributed by atoms with Crippen molar-refractivity contribution < 1.29 is 37.9 Å². The Morgan fingerprint density at radius 2 is 1.09 bits per heavy atom. The van der Waals surface area contributed by atoms with Crippen molar-refractivity contribution in [2.24, 2.45) is 0 Å². The molecule has 2 N–H and O–H groups in total. The summed E-state index contributed by atoms with van der Waals surface area (Å²) in [5.74, 6) is -0.941. The van der Waals surface area contributed by atoms with Crippen LogP contribution in [0.3, 0.4) is 0 Å². The molecule has 1 atom stereocenters. The molecule has 0 spiro atoms. The van der Waals surface area contributed by atoms with E-state index < -0.39 is 32.5 Å². The quantitative estimate of drug-likeness (QED) is 0.0747. The molecular formula is C26H51O8P. The van der Waals surface area contributed by atoms with E-state index >= 15 is 0 Å². The molecule has 35 heavy (non-hydrogen) atoms. The number of carbonyl (C=O) groups is 2. The van der Waals surface area contributed by atoms with Crippen LogP contribution in [0.1, 0.15) is 136 Å². The maximum atomic E-state index is 12.1. The fourth-order valence-corrected chi connectivity index (χ4v) is 4.18. The second-order valence-electron chi connectivity index (χ2n) is 9.38. The summed E-state index contributed by atoms with van der Waals surface area (Å²) in [5.41, 5.74) is 0. The van der Waals surface area contributed by atoms with Crippen LogP contribution in [0.25, 0.3) is 0 Å². The van der Waals surface area contributed by atoms with Crippen LogP contribution in [0.5, 0.6) is 0 Å². The van der Waals surface area contributed by atoms with Gasteiger partial charge in [-0.2, -0.15) is 0 Å². The summed E-state index contributed by atoms with van der Waals surface area (Å²) in [6.45, 7) is 3.26. The van der Waals surface area contributed by atoms with Crippen molar-refractivity contribution in [3.63, 3.8) is 0 Å². The second kappa shape index (κ2) is 23.4. The Morgan fingerprint density at radius 3 is 1.51 bits per heavy atom. The smallest absolute Gasteiger partial charge is 0.462 e. The Kier molecular flexibility index (Phi) is 22.8. The number of phosphoric ester groups is 1. The van der Waals surface area contributed by atoms with Crippen molar-refractivity contribution >= 4 is 19.8 Å². The monoisotopic (exact) mass is 522 g/mol. The maximum Gasteiger partial charge on any atom is 0.469 e. The summed E-state index contributed by atoms with van der Waals surface area (Å²) in [7, 11) is -4.71. The van der Waals surface area contributed by atoms with Crippen LogP contribution in [0.4, 0.5) is 0 Å². The molecule has 208 valence electrons. The molecule has 0 amide bonds. The molecular weight excluding hydrogens is 471 g/mol. The zero-order valence-electron chi connectivity index (χ0n) is 22.2. The van der Waals surface area contributed by atoms with Crippen LogP contribution in [0.15, 0.2) is 0 Å². The normalized spacial score (nSPS) is 12.5. The highest BCUT2D eigenvalue weighted by molar-refractivity contribution is 7.46. The zero-order chi connectivity index (χ0) is 26.2. The van der Waals surface area contributed by atoms with Gasteiger partial charge in [0.2, 0.25) is 0 Å². The first-order chi connectivity index (χ1) is 16.8. The van der Waals surface area contributed by atoms with E-state index in [4.69, 9.17) is 19.3 Å². The third-order valence-electron chi connectivity index (χ3n) is 5.85. The molecule has 0 fully saturated rings. The molecule has 0 aliphatic carbocycles. The molecule has 0 aromatic carbocycles. The van der Waals surface area contributed by atoms with Crippen LogP contribution in [0, 0.1) is 0 Å². The second-order valence-corrected chi connectivity index (χ2v) is 10.6. The zero-order valence-corrected chi connectivity index (χ0v) is 23.1. The van der Waals surface area contributed by atoms with E-state index in [2.05, 4.69) is 11.4 Å². The van der Waals surface area contributed by atoms with E-state index in [1.165, 1.54) is 83.5 Å². The Bertz CT molecular complexity index is 564. The number of phosphoric acid groups is 1.